The Balaban J connectivity index is 2.36. The molecule has 2 nitrogen and oxygen atoms in total. The Labute approximate surface area is 114 Å². The van der Waals surface area contributed by atoms with Crippen molar-refractivity contribution < 1.29 is 0 Å². The van der Waals surface area contributed by atoms with Crippen LogP contribution in [0.15, 0.2) is 22.7 Å². The van der Waals surface area contributed by atoms with E-state index in [-0.39, 0.29) is 0 Å². The smallest absolute Gasteiger partial charge is 0.0208 e. The van der Waals surface area contributed by atoms with Crippen molar-refractivity contribution in [1.29, 1.82) is 0 Å². The lowest BCUT2D eigenvalue weighted by molar-refractivity contribution is 0.365. The van der Waals surface area contributed by atoms with Crippen LogP contribution in [-0.4, -0.2) is 31.6 Å². The summed E-state index contributed by atoms with van der Waals surface area (Å²) in [5.41, 5.74) is 2.62. The van der Waals surface area contributed by atoms with E-state index in [1.807, 2.05) is 0 Å². The zero-order valence-corrected chi connectivity index (χ0v) is 12.8. The Kier molecular flexibility index (Phi) is 6.17. The van der Waals surface area contributed by atoms with Gasteiger partial charge in [0.1, 0.15) is 0 Å². The van der Waals surface area contributed by atoms with Gasteiger partial charge in [0.05, 0.1) is 0 Å². The summed E-state index contributed by atoms with van der Waals surface area (Å²) in [7, 11) is 4.23. The molecule has 3 heteroatoms. The first-order valence-electron chi connectivity index (χ1n) is 6.12. The van der Waals surface area contributed by atoms with Gasteiger partial charge in [0.25, 0.3) is 0 Å². The number of nitrogens with zero attached hydrogens (tertiary/aromatic N) is 1. The topological polar surface area (TPSA) is 15.3 Å². The fourth-order valence-electron chi connectivity index (χ4n) is 1.59. The highest BCUT2D eigenvalue weighted by atomic mass is 79.9. The summed E-state index contributed by atoms with van der Waals surface area (Å²) >= 11 is 3.57. The van der Waals surface area contributed by atoms with Gasteiger partial charge in [-0.1, -0.05) is 28.1 Å². The van der Waals surface area contributed by atoms with Crippen LogP contribution in [0, 0.1) is 6.92 Å². The monoisotopic (exact) mass is 298 g/mol. The van der Waals surface area contributed by atoms with E-state index in [2.05, 4.69) is 72.3 Å². The maximum atomic E-state index is 3.57. The van der Waals surface area contributed by atoms with Gasteiger partial charge in [-0.2, -0.15) is 0 Å². The molecule has 96 valence electrons. The molecule has 1 unspecified atom stereocenters. The molecule has 0 heterocycles. The Hall–Kier alpha value is -0.380. The maximum Gasteiger partial charge on any atom is 0.0208 e. The molecule has 0 aliphatic carbocycles. The first-order valence-corrected chi connectivity index (χ1v) is 6.91. The summed E-state index contributed by atoms with van der Waals surface area (Å²) in [6, 6.07) is 7.09. The minimum absolute atomic E-state index is 0.553. The first-order chi connectivity index (χ1) is 7.99. The van der Waals surface area contributed by atoms with Crippen molar-refractivity contribution >= 4 is 15.9 Å². The normalized spacial score (nSPS) is 13.1. The predicted molar refractivity (Wildman–Crippen MR) is 78.4 cm³/mol. The Morgan fingerprint density at radius 3 is 2.65 bits per heavy atom. The highest BCUT2D eigenvalue weighted by Crippen LogP contribution is 2.17. The molecule has 0 fully saturated rings. The van der Waals surface area contributed by atoms with Crippen LogP contribution in [0.3, 0.4) is 0 Å². The molecule has 0 radical (unpaired) electrons. The average Bonchev–Trinajstić information content (AvgIpc) is 2.28. The first kappa shape index (κ1) is 14.7. The molecule has 1 N–H and O–H groups in total. The molecule has 0 saturated heterocycles. The molecule has 1 aromatic carbocycles. The van der Waals surface area contributed by atoms with E-state index in [1.165, 1.54) is 22.0 Å². The van der Waals surface area contributed by atoms with Crippen molar-refractivity contribution in [2.45, 2.75) is 32.9 Å². The van der Waals surface area contributed by atoms with Gasteiger partial charge in [-0.15, -0.1) is 0 Å². The summed E-state index contributed by atoms with van der Waals surface area (Å²) < 4.78 is 1.19. The van der Waals surface area contributed by atoms with Gasteiger partial charge in [0.15, 0.2) is 0 Å². The van der Waals surface area contributed by atoms with Crippen molar-refractivity contribution in [2.75, 3.05) is 20.6 Å². The van der Waals surface area contributed by atoms with Crippen LogP contribution in [0.5, 0.6) is 0 Å². The molecule has 1 aromatic rings. The second-order valence-corrected chi connectivity index (χ2v) is 5.81. The van der Waals surface area contributed by atoms with Crippen molar-refractivity contribution in [2.24, 2.45) is 0 Å². The number of nitrogens with one attached hydrogen (secondary N) is 1. The number of hydrogen-bond acceptors (Lipinski definition) is 2. The van der Waals surface area contributed by atoms with Crippen LogP contribution in [-0.2, 0) is 6.54 Å². The molecule has 0 amide bonds. The van der Waals surface area contributed by atoms with Crippen molar-refractivity contribution in [3.8, 4) is 0 Å². The van der Waals surface area contributed by atoms with Crippen molar-refractivity contribution in [3.05, 3.63) is 33.8 Å². The number of benzene rings is 1. The SMILES string of the molecule is Cc1ccc(CNC(C)CCN(C)C)cc1Br. The Bertz CT molecular complexity index is 350. The van der Waals surface area contributed by atoms with E-state index >= 15 is 0 Å². The van der Waals surface area contributed by atoms with E-state index in [9.17, 15) is 0 Å². The molecule has 0 aliphatic rings. The Morgan fingerprint density at radius 1 is 1.35 bits per heavy atom. The summed E-state index contributed by atoms with van der Waals surface area (Å²) in [5, 5.41) is 3.55. The van der Waals surface area contributed by atoms with Gasteiger partial charge < -0.3 is 10.2 Å². The standard InChI is InChI=1S/C14H23BrN2/c1-11-5-6-13(9-14(11)15)10-16-12(2)7-8-17(3)4/h5-6,9,12,16H,7-8,10H2,1-4H3. The van der Waals surface area contributed by atoms with E-state index < -0.39 is 0 Å². The van der Waals surface area contributed by atoms with Crippen molar-refractivity contribution in [1.82, 2.24) is 10.2 Å². The van der Waals surface area contributed by atoms with E-state index in [1.54, 1.807) is 0 Å². The quantitative estimate of drug-likeness (QED) is 0.868. The van der Waals surface area contributed by atoms with Crippen LogP contribution in [0.2, 0.25) is 0 Å². The minimum atomic E-state index is 0.553. The van der Waals surface area contributed by atoms with E-state index in [0.29, 0.717) is 6.04 Å². The number of rotatable bonds is 6. The Morgan fingerprint density at radius 2 is 2.06 bits per heavy atom. The molecule has 0 aromatic heterocycles. The van der Waals surface area contributed by atoms with Crippen molar-refractivity contribution in [3.63, 3.8) is 0 Å². The second kappa shape index (κ2) is 7.14. The van der Waals surface area contributed by atoms with Gasteiger partial charge in [-0.25, -0.2) is 0 Å². The third-order valence-corrected chi connectivity index (χ3v) is 3.75. The van der Waals surface area contributed by atoms with Crippen LogP contribution < -0.4 is 5.32 Å². The highest BCUT2D eigenvalue weighted by molar-refractivity contribution is 9.10. The maximum absolute atomic E-state index is 3.57. The fraction of sp³-hybridized carbons (Fsp3) is 0.571. The third kappa shape index (κ3) is 5.66. The summed E-state index contributed by atoms with van der Waals surface area (Å²) in [6.07, 6.45) is 1.18. The highest BCUT2D eigenvalue weighted by Gasteiger charge is 2.03. The summed E-state index contributed by atoms with van der Waals surface area (Å²) in [5.74, 6) is 0. The zero-order chi connectivity index (χ0) is 12.8. The van der Waals surface area contributed by atoms with E-state index in [4.69, 9.17) is 0 Å². The largest absolute Gasteiger partial charge is 0.310 e. The second-order valence-electron chi connectivity index (χ2n) is 4.96. The molecule has 1 rings (SSSR count). The molecule has 17 heavy (non-hydrogen) atoms. The van der Waals surface area contributed by atoms with Crippen LogP contribution in [0.4, 0.5) is 0 Å². The molecule has 1 atom stereocenters. The molecular weight excluding hydrogens is 276 g/mol. The number of aryl methyl sites for hydroxylation is 1. The van der Waals surface area contributed by atoms with Gasteiger partial charge in [0, 0.05) is 17.1 Å². The lowest BCUT2D eigenvalue weighted by Crippen LogP contribution is -2.29. The van der Waals surface area contributed by atoms with Gasteiger partial charge in [-0.05, 0) is 58.1 Å². The molecule has 0 spiro atoms. The number of hydrogen-bond donors (Lipinski definition) is 1. The van der Waals surface area contributed by atoms with Crippen LogP contribution >= 0.6 is 15.9 Å². The summed E-state index contributed by atoms with van der Waals surface area (Å²) in [6.45, 7) is 6.42. The number of halogens is 1. The van der Waals surface area contributed by atoms with Gasteiger partial charge in [-0.3, -0.25) is 0 Å². The molecule has 0 aliphatic heterocycles. The predicted octanol–water partition coefficient (Wildman–Crippen LogP) is 3.19. The third-order valence-electron chi connectivity index (χ3n) is 2.90. The molecule has 0 saturated carbocycles. The fourth-order valence-corrected chi connectivity index (χ4v) is 2.02. The van der Waals surface area contributed by atoms with Crippen LogP contribution in [0.25, 0.3) is 0 Å². The lowest BCUT2D eigenvalue weighted by Gasteiger charge is -2.17. The van der Waals surface area contributed by atoms with E-state index in [0.717, 1.165) is 13.1 Å². The van der Waals surface area contributed by atoms with Gasteiger partial charge >= 0.3 is 0 Å². The average molecular weight is 299 g/mol. The zero-order valence-electron chi connectivity index (χ0n) is 11.3. The minimum Gasteiger partial charge on any atom is -0.310 e. The lowest BCUT2D eigenvalue weighted by atomic mass is 10.1. The molecular formula is C14H23BrN2. The summed E-state index contributed by atoms with van der Waals surface area (Å²) in [4.78, 5) is 2.22. The molecule has 0 bridgehead atoms. The van der Waals surface area contributed by atoms with Gasteiger partial charge in [0.2, 0.25) is 0 Å². The van der Waals surface area contributed by atoms with Crippen LogP contribution in [0.1, 0.15) is 24.5 Å².